The number of aliphatic imine (C=N–C) groups is 1. The second kappa shape index (κ2) is 11.7. The van der Waals surface area contributed by atoms with Crippen LogP contribution in [0.3, 0.4) is 0 Å². The fourth-order valence-corrected chi connectivity index (χ4v) is 4.26. The quantitative estimate of drug-likeness (QED) is 0.345. The van der Waals surface area contributed by atoms with Crippen molar-refractivity contribution in [1.82, 2.24) is 20.5 Å². The zero-order chi connectivity index (χ0) is 19.1. The Morgan fingerprint density at radius 2 is 1.96 bits per heavy atom. The van der Waals surface area contributed by atoms with Crippen molar-refractivity contribution in [2.24, 2.45) is 10.9 Å². The van der Waals surface area contributed by atoms with Gasteiger partial charge in [0.15, 0.2) is 5.96 Å². The van der Waals surface area contributed by atoms with Gasteiger partial charge in [-0.15, -0.1) is 35.3 Å². The fourth-order valence-electron chi connectivity index (χ4n) is 3.53. The number of likely N-dealkylation sites (tertiary alicyclic amines) is 1. The van der Waals surface area contributed by atoms with Crippen molar-refractivity contribution in [3.63, 3.8) is 0 Å². The van der Waals surface area contributed by atoms with Gasteiger partial charge in [-0.3, -0.25) is 9.89 Å². The lowest BCUT2D eigenvalue weighted by Crippen LogP contribution is -2.45. The maximum absolute atomic E-state index is 4.41. The van der Waals surface area contributed by atoms with Gasteiger partial charge in [-0.25, -0.2) is 4.98 Å². The second-order valence-corrected chi connectivity index (χ2v) is 8.64. The van der Waals surface area contributed by atoms with Crippen LogP contribution < -0.4 is 10.6 Å². The molecule has 5 nitrogen and oxygen atoms in total. The zero-order valence-electron chi connectivity index (χ0n) is 17.0. The molecule has 1 aliphatic rings. The van der Waals surface area contributed by atoms with Crippen LogP contribution in [0.15, 0.2) is 41.5 Å². The predicted octanol–water partition coefficient (Wildman–Crippen LogP) is 4.21. The topological polar surface area (TPSA) is 52.6 Å². The van der Waals surface area contributed by atoms with Gasteiger partial charge in [-0.2, -0.15) is 0 Å². The van der Waals surface area contributed by atoms with Crippen LogP contribution in [-0.2, 0) is 6.54 Å². The molecule has 1 unspecified atom stereocenters. The minimum absolute atomic E-state index is 0. The Hall–Kier alpha value is -1.19. The molecule has 0 aliphatic carbocycles. The molecular formula is C21H32IN5S. The largest absolute Gasteiger partial charge is 0.354 e. The number of benzene rings is 1. The summed E-state index contributed by atoms with van der Waals surface area (Å²) in [5.41, 5.74) is 1.37. The van der Waals surface area contributed by atoms with Gasteiger partial charge in [0.2, 0.25) is 0 Å². The van der Waals surface area contributed by atoms with E-state index in [4.69, 9.17) is 0 Å². The third kappa shape index (κ3) is 6.70. The molecule has 1 saturated heterocycles. The van der Waals surface area contributed by atoms with Crippen LogP contribution in [0.1, 0.15) is 41.3 Å². The summed E-state index contributed by atoms with van der Waals surface area (Å²) in [6.45, 7) is 8.31. The number of nitrogens with one attached hydrogen (secondary N) is 2. The predicted molar refractivity (Wildman–Crippen MR) is 130 cm³/mol. The molecule has 2 N–H and O–H groups in total. The summed E-state index contributed by atoms with van der Waals surface area (Å²) in [5.74, 6) is 1.66. The van der Waals surface area contributed by atoms with E-state index in [-0.39, 0.29) is 24.0 Å². The highest BCUT2D eigenvalue weighted by Crippen LogP contribution is 2.26. The van der Waals surface area contributed by atoms with E-state index >= 15 is 0 Å². The van der Waals surface area contributed by atoms with Gasteiger partial charge in [-0.05, 0) is 44.3 Å². The number of hydrogen-bond acceptors (Lipinski definition) is 4. The maximum Gasteiger partial charge on any atom is 0.191 e. The van der Waals surface area contributed by atoms with Gasteiger partial charge in [0.25, 0.3) is 0 Å². The summed E-state index contributed by atoms with van der Waals surface area (Å²) >= 11 is 1.72. The second-order valence-electron chi connectivity index (χ2n) is 7.32. The summed E-state index contributed by atoms with van der Waals surface area (Å²) in [6.07, 6.45) is 4.47. The summed E-state index contributed by atoms with van der Waals surface area (Å²) in [7, 11) is 1.82. The average Bonchev–Trinajstić information content (AvgIpc) is 3.11. The molecule has 28 heavy (non-hydrogen) atoms. The number of aromatic nitrogens is 1. The fraction of sp³-hybridized carbons (Fsp3) is 0.524. The van der Waals surface area contributed by atoms with E-state index in [1.807, 2.05) is 13.2 Å². The van der Waals surface area contributed by atoms with Crippen molar-refractivity contribution >= 4 is 41.3 Å². The normalized spacial score (nSPS) is 17.0. The number of halogens is 1. The Balaban J connectivity index is 0.00000280. The Bertz CT molecular complexity index is 725. The van der Waals surface area contributed by atoms with Crippen LogP contribution in [-0.4, -0.2) is 42.5 Å². The Labute approximate surface area is 190 Å². The van der Waals surface area contributed by atoms with Crippen LogP contribution in [0.25, 0.3) is 0 Å². The van der Waals surface area contributed by atoms with Crippen molar-refractivity contribution in [1.29, 1.82) is 0 Å². The van der Waals surface area contributed by atoms with Gasteiger partial charge in [0, 0.05) is 24.7 Å². The zero-order valence-corrected chi connectivity index (χ0v) is 20.2. The maximum atomic E-state index is 4.41. The van der Waals surface area contributed by atoms with Crippen LogP contribution >= 0.6 is 35.3 Å². The van der Waals surface area contributed by atoms with Crippen molar-refractivity contribution in [3.8, 4) is 0 Å². The van der Waals surface area contributed by atoms with Gasteiger partial charge < -0.3 is 10.6 Å². The SMILES string of the molecule is CN=C(NCc1ncc(C)s1)NCC(c1ccccc1)N1CCC(C)CC1.I. The van der Waals surface area contributed by atoms with E-state index in [0.29, 0.717) is 12.6 Å². The third-order valence-corrected chi connectivity index (χ3v) is 6.12. The van der Waals surface area contributed by atoms with Crippen molar-refractivity contribution in [2.45, 2.75) is 39.3 Å². The molecule has 0 spiro atoms. The summed E-state index contributed by atoms with van der Waals surface area (Å²) in [5, 5.41) is 8.00. The van der Waals surface area contributed by atoms with Gasteiger partial charge >= 0.3 is 0 Å². The van der Waals surface area contributed by atoms with E-state index in [0.717, 1.165) is 36.5 Å². The van der Waals surface area contributed by atoms with E-state index in [1.54, 1.807) is 11.3 Å². The molecule has 1 fully saturated rings. The van der Waals surface area contributed by atoms with Crippen molar-refractivity contribution in [2.75, 3.05) is 26.7 Å². The van der Waals surface area contributed by atoms with Crippen LogP contribution in [0.4, 0.5) is 0 Å². The Kier molecular flexibility index (Phi) is 9.67. The molecule has 0 bridgehead atoms. The molecule has 1 aromatic heterocycles. The molecule has 0 radical (unpaired) electrons. The summed E-state index contributed by atoms with van der Waals surface area (Å²) < 4.78 is 0. The summed E-state index contributed by atoms with van der Waals surface area (Å²) in [6, 6.07) is 11.2. The third-order valence-electron chi connectivity index (χ3n) is 5.21. The number of thiazole rings is 1. The van der Waals surface area contributed by atoms with Crippen molar-refractivity contribution < 1.29 is 0 Å². The molecule has 2 aromatic rings. The lowest BCUT2D eigenvalue weighted by molar-refractivity contribution is 0.138. The van der Waals surface area contributed by atoms with Crippen LogP contribution in [0.2, 0.25) is 0 Å². The monoisotopic (exact) mass is 513 g/mol. The average molecular weight is 513 g/mol. The van der Waals surface area contributed by atoms with E-state index < -0.39 is 0 Å². The summed E-state index contributed by atoms with van der Waals surface area (Å²) in [4.78, 5) is 12.6. The number of piperidine rings is 1. The first-order chi connectivity index (χ1) is 13.2. The van der Waals surface area contributed by atoms with E-state index in [1.165, 1.54) is 23.3 Å². The first-order valence-electron chi connectivity index (χ1n) is 9.80. The Morgan fingerprint density at radius 3 is 2.57 bits per heavy atom. The number of hydrogen-bond donors (Lipinski definition) is 2. The molecule has 2 heterocycles. The molecule has 0 saturated carbocycles. The highest BCUT2D eigenvalue weighted by molar-refractivity contribution is 14.0. The smallest absolute Gasteiger partial charge is 0.191 e. The lowest BCUT2D eigenvalue weighted by atomic mass is 9.95. The van der Waals surface area contributed by atoms with Gasteiger partial charge in [0.05, 0.1) is 12.6 Å². The highest BCUT2D eigenvalue weighted by Gasteiger charge is 2.24. The molecule has 0 amide bonds. The van der Waals surface area contributed by atoms with Crippen LogP contribution in [0, 0.1) is 12.8 Å². The van der Waals surface area contributed by atoms with E-state index in [9.17, 15) is 0 Å². The molecule has 1 aliphatic heterocycles. The molecular weight excluding hydrogens is 481 g/mol. The number of aryl methyl sites for hydroxylation is 1. The molecule has 1 atom stereocenters. The standard InChI is InChI=1S/C21H31N5S.HI/c1-16-9-11-26(12-10-16)19(18-7-5-4-6-8-18)14-24-21(22-3)25-15-20-23-13-17(2)27-20;/h4-8,13,16,19H,9-12,14-15H2,1-3H3,(H2,22,24,25);1H. The minimum atomic E-state index is 0. The first kappa shape index (κ1) is 23.1. The number of nitrogens with zero attached hydrogens (tertiary/aromatic N) is 3. The first-order valence-corrected chi connectivity index (χ1v) is 10.6. The van der Waals surface area contributed by atoms with Gasteiger partial charge in [0.1, 0.15) is 5.01 Å². The number of rotatable bonds is 6. The molecule has 3 rings (SSSR count). The van der Waals surface area contributed by atoms with Crippen molar-refractivity contribution in [3.05, 3.63) is 52.0 Å². The van der Waals surface area contributed by atoms with Gasteiger partial charge in [-0.1, -0.05) is 37.3 Å². The highest BCUT2D eigenvalue weighted by atomic mass is 127. The number of guanidine groups is 1. The Morgan fingerprint density at radius 1 is 1.25 bits per heavy atom. The molecule has 154 valence electrons. The van der Waals surface area contributed by atoms with E-state index in [2.05, 4.69) is 69.7 Å². The van der Waals surface area contributed by atoms with Crippen LogP contribution in [0.5, 0.6) is 0 Å². The molecule has 1 aromatic carbocycles. The lowest BCUT2D eigenvalue weighted by Gasteiger charge is -2.37. The molecule has 7 heteroatoms. The minimum Gasteiger partial charge on any atom is -0.354 e.